The van der Waals surface area contributed by atoms with Gasteiger partial charge in [0.05, 0.1) is 11.9 Å². The van der Waals surface area contributed by atoms with E-state index in [9.17, 15) is 18.0 Å². The Hall–Kier alpha value is -2.58. The van der Waals surface area contributed by atoms with Gasteiger partial charge in [-0.3, -0.25) is 13.9 Å². The first kappa shape index (κ1) is 28.7. The molecule has 2 rings (SSSR count). The fraction of sp³-hybridized carbons (Fsp3) is 0.462. The van der Waals surface area contributed by atoms with Crippen LogP contribution >= 0.6 is 11.6 Å². The molecule has 7 nitrogen and oxygen atoms in total. The SMILES string of the molecule is Cc1ccccc1CN(C(=O)CCCN(c1ccc(Cl)cc1)S(C)(=O)=O)[C@@H](C)C(=O)NCC(C)C. The van der Waals surface area contributed by atoms with Gasteiger partial charge in [0.15, 0.2) is 0 Å². The molecule has 35 heavy (non-hydrogen) atoms. The van der Waals surface area contributed by atoms with Crippen LogP contribution in [0.3, 0.4) is 0 Å². The van der Waals surface area contributed by atoms with Crippen molar-refractivity contribution < 1.29 is 18.0 Å². The topological polar surface area (TPSA) is 86.8 Å². The van der Waals surface area contributed by atoms with Crippen LogP contribution in [0.2, 0.25) is 5.02 Å². The summed E-state index contributed by atoms with van der Waals surface area (Å²) in [6.45, 7) is 8.68. The molecule has 2 aromatic carbocycles. The third-order valence-corrected chi connectivity index (χ3v) is 7.17. The number of carbonyl (C=O) groups excluding carboxylic acids is 2. The number of anilines is 1. The molecule has 1 atom stereocenters. The molecule has 1 N–H and O–H groups in total. The highest BCUT2D eigenvalue weighted by molar-refractivity contribution is 7.92. The molecule has 0 aliphatic carbocycles. The number of halogens is 1. The lowest BCUT2D eigenvalue weighted by atomic mass is 10.1. The van der Waals surface area contributed by atoms with E-state index in [-0.39, 0.29) is 24.8 Å². The van der Waals surface area contributed by atoms with Crippen molar-refractivity contribution in [1.82, 2.24) is 10.2 Å². The molecule has 0 unspecified atom stereocenters. The Balaban J connectivity index is 2.16. The predicted octanol–water partition coefficient (Wildman–Crippen LogP) is 4.38. The lowest BCUT2D eigenvalue weighted by Crippen LogP contribution is -2.48. The first-order chi connectivity index (χ1) is 16.4. The molecule has 0 bridgehead atoms. The number of benzene rings is 2. The number of rotatable bonds is 12. The number of amides is 2. The maximum absolute atomic E-state index is 13.3. The van der Waals surface area contributed by atoms with Gasteiger partial charge in [-0.2, -0.15) is 0 Å². The van der Waals surface area contributed by atoms with E-state index in [1.165, 1.54) is 4.31 Å². The van der Waals surface area contributed by atoms with Gasteiger partial charge in [0, 0.05) is 31.1 Å². The third kappa shape index (κ3) is 8.85. The first-order valence-corrected chi connectivity index (χ1v) is 14.0. The van der Waals surface area contributed by atoms with Crippen molar-refractivity contribution >= 4 is 39.1 Å². The van der Waals surface area contributed by atoms with Crippen LogP contribution in [0.4, 0.5) is 5.69 Å². The number of sulfonamides is 1. The Morgan fingerprint density at radius 3 is 2.23 bits per heavy atom. The number of nitrogens with one attached hydrogen (secondary N) is 1. The Bertz CT molecular complexity index is 1100. The highest BCUT2D eigenvalue weighted by Gasteiger charge is 2.27. The van der Waals surface area contributed by atoms with Crippen molar-refractivity contribution in [3.8, 4) is 0 Å². The van der Waals surface area contributed by atoms with Crippen molar-refractivity contribution in [3.63, 3.8) is 0 Å². The third-order valence-electron chi connectivity index (χ3n) is 5.72. The second-order valence-electron chi connectivity index (χ2n) is 9.18. The molecule has 2 amide bonds. The van der Waals surface area contributed by atoms with Crippen LogP contribution in [0, 0.1) is 12.8 Å². The van der Waals surface area contributed by atoms with Crippen molar-refractivity contribution in [3.05, 3.63) is 64.7 Å². The summed E-state index contributed by atoms with van der Waals surface area (Å²) >= 11 is 5.93. The molecule has 0 aliphatic rings. The molecule has 0 aromatic heterocycles. The van der Waals surface area contributed by atoms with E-state index in [1.807, 2.05) is 45.0 Å². The van der Waals surface area contributed by atoms with Crippen LogP contribution in [0.15, 0.2) is 48.5 Å². The molecule has 0 aliphatic heterocycles. The Morgan fingerprint density at radius 1 is 1.03 bits per heavy atom. The maximum Gasteiger partial charge on any atom is 0.242 e. The molecular weight excluding hydrogens is 486 g/mol. The molecule has 0 fully saturated rings. The summed E-state index contributed by atoms with van der Waals surface area (Å²) in [7, 11) is -3.55. The van der Waals surface area contributed by atoms with E-state index in [2.05, 4.69) is 5.32 Å². The average molecular weight is 522 g/mol. The number of hydrogen-bond acceptors (Lipinski definition) is 4. The molecule has 0 saturated heterocycles. The van der Waals surface area contributed by atoms with Crippen molar-refractivity contribution in [2.45, 2.75) is 53.1 Å². The normalized spacial score (nSPS) is 12.3. The molecule has 0 spiro atoms. The highest BCUT2D eigenvalue weighted by Crippen LogP contribution is 2.21. The van der Waals surface area contributed by atoms with Gasteiger partial charge in [-0.25, -0.2) is 8.42 Å². The fourth-order valence-electron chi connectivity index (χ4n) is 3.62. The minimum absolute atomic E-state index is 0.104. The minimum Gasteiger partial charge on any atom is -0.354 e. The van der Waals surface area contributed by atoms with E-state index < -0.39 is 16.1 Å². The van der Waals surface area contributed by atoms with E-state index in [4.69, 9.17) is 11.6 Å². The zero-order chi connectivity index (χ0) is 26.2. The van der Waals surface area contributed by atoms with Gasteiger partial charge in [0.25, 0.3) is 0 Å². The average Bonchev–Trinajstić information content (AvgIpc) is 2.79. The van der Waals surface area contributed by atoms with Crippen LogP contribution in [0.1, 0.15) is 44.7 Å². The largest absolute Gasteiger partial charge is 0.354 e. The quantitative estimate of drug-likeness (QED) is 0.449. The minimum atomic E-state index is -3.55. The maximum atomic E-state index is 13.3. The highest BCUT2D eigenvalue weighted by atomic mass is 35.5. The fourth-order valence-corrected chi connectivity index (χ4v) is 4.71. The van der Waals surface area contributed by atoms with Gasteiger partial charge < -0.3 is 10.2 Å². The van der Waals surface area contributed by atoms with Crippen LogP contribution in [0.25, 0.3) is 0 Å². The standard InChI is InChI=1S/C26H36ClN3O4S/c1-19(2)17-28-26(32)21(4)29(18-22-10-7-6-9-20(22)3)25(31)11-8-16-30(35(5,33)34)24-14-12-23(27)13-15-24/h6-7,9-10,12-15,19,21H,8,11,16-18H2,1-5H3,(H,28,32)/t21-/m0/s1. The molecule has 0 heterocycles. The van der Waals surface area contributed by atoms with Gasteiger partial charge in [-0.15, -0.1) is 0 Å². The van der Waals surface area contributed by atoms with E-state index in [1.54, 1.807) is 36.1 Å². The number of hydrogen-bond donors (Lipinski definition) is 1. The summed E-state index contributed by atoms with van der Waals surface area (Å²) < 4.78 is 26.0. The second kappa shape index (κ2) is 12.9. The van der Waals surface area contributed by atoms with Crippen molar-refractivity contribution in [2.75, 3.05) is 23.7 Å². The van der Waals surface area contributed by atoms with Crippen LogP contribution in [-0.2, 0) is 26.2 Å². The summed E-state index contributed by atoms with van der Waals surface area (Å²) in [6, 6.07) is 13.6. The number of carbonyl (C=O) groups is 2. The smallest absolute Gasteiger partial charge is 0.242 e. The summed E-state index contributed by atoms with van der Waals surface area (Å²) in [5.74, 6) is -0.119. The molecule has 0 radical (unpaired) electrons. The summed E-state index contributed by atoms with van der Waals surface area (Å²) in [4.78, 5) is 27.7. The van der Waals surface area contributed by atoms with Gasteiger partial charge >= 0.3 is 0 Å². The Morgan fingerprint density at radius 2 is 1.66 bits per heavy atom. The van der Waals surface area contributed by atoms with Crippen molar-refractivity contribution in [2.24, 2.45) is 5.92 Å². The zero-order valence-electron chi connectivity index (χ0n) is 21.1. The van der Waals surface area contributed by atoms with Gasteiger partial charge in [0.1, 0.15) is 6.04 Å². The van der Waals surface area contributed by atoms with E-state index in [0.29, 0.717) is 36.1 Å². The molecule has 192 valence electrons. The number of nitrogens with zero attached hydrogens (tertiary/aromatic N) is 2. The predicted molar refractivity (Wildman–Crippen MR) is 142 cm³/mol. The van der Waals surface area contributed by atoms with Crippen LogP contribution in [0.5, 0.6) is 0 Å². The lowest BCUT2D eigenvalue weighted by molar-refractivity contribution is -0.140. The second-order valence-corrected chi connectivity index (χ2v) is 11.5. The van der Waals surface area contributed by atoms with E-state index >= 15 is 0 Å². The zero-order valence-corrected chi connectivity index (χ0v) is 22.7. The summed E-state index contributed by atoms with van der Waals surface area (Å²) in [6.07, 6.45) is 1.54. The van der Waals surface area contributed by atoms with Gasteiger partial charge in [-0.05, 0) is 61.6 Å². The molecule has 2 aromatic rings. The van der Waals surface area contributed by atoms with Crippen LogP contribution < -0.4 is 9.62 Å². The lowest BCUT2D eigenvalue weighted by Gasteiger charge is -2.30. The van der Waals surface area contributed by atoms with Crippen LogP contribution in [-0.4, -0.2) is 50.5 Å². The van der Waals surface area contributed by atoms with Crippen molar-refractivity contribution in [1.29, 1.82) is 0 Å². The van der Waals surface area contributed by atoms with E-state index in [0.717, 1.165) is 17.4 Å². The Labute approximate surface area is 214 Å². The summed E-state index contributed by atoms with van der Waals surface area (Å²) in [5.41, 5.74) is 2.48. The summed E-state index contributed by atoms with van der Waals surface area (Å²) in [5, 5.41) is 3.42. The Kier molecular flexibility index (Phi) is 10.6. The van der Waals surface area contributed by atoms with Gasteiger partial charge in [-0.1, -0.05) is 49.7 Å². The number of aryl methyl sites for hydroxylation is 1. The molecular formula is C26H36ClN3O4S. The van der Waals surface area contributed by atoms with Gasteiger partial charge in [0.2, 0.25) is 21.8 Å². The first-order valence-electron chi connectivity index (χ1n) is 11.7. The monoisotopic (exact) mass is 521 g/mol. The molecule has 0 saturated carbocycles. The molecule has 9 heteroatoms.